The van der Waals surface area contributed by atoms with E-state index in [0.717, 1.165) is 46.8 Å². The van der Waals surface area contributed by atoms with E-state index in [2.05, 4.69) is 26.9 Å². The van der Waals surface area contributed by atoms with Gasteiger partial charge in [-0.25, -0.2) is 0 Å². The van der Waals surface area contributed by atoms with Crippen molar-refractivity contribution in [2.24, 2.45) is 0 Å². The first kappa shape index (κ1) is 19.0. The molecule has 0 radical (unpaired) electrons. The number of ether oxygens (including phenoxy) is 3. The van der Waals surface area contributed by atoms with Crippen molar-refractivity contribution < 1.29 is 14.2 Å². The Labute approximate surface area is 168 Å². The van der Waals surface area contributed by atoms with Crippen molar-refractivity contribution in [3.05, 3.63) is 66.0 Å². The van der Waals surface area contributed by atoms with Gasteiger partial charge in [-0.1, -0.05) is 48.2 Å². The minimum atomic E-state index is 0.173. The first-order chi connectivity index (χ1) is 13.8. The van der Waals surface area contributed by atoms with E-state index in [1.54, 1.807) is 11.8 Å². The molecule has 28 heavy (non-hydrogen) atoms. The molecule has 2 heterocycles. The molecular weight excluding hydrogens is 374 g/mol. The third kappa shape index (κ3) is 4.55. The van der Waals surface area contributed by atoms with Crippen LogP contribution in [0.15, 0.2) is 59.8 Å². The molecule has 7 heteroatoms. The molecule has 146 valence electrons. The Morgan fingerprint density at radius 3 is 2.71 bits per heavy atom. The summed E-state index contributed by atoms with van der Waals surface area (Å²) in [5.74, 6) is 2.44. The van der Waals surface area contributed by atoms with Crippen molar-refractivity contribution in [2.45, 2.75) is 31.2 Å². The van der Waals surface area contributed by atoms with E-state index in [9.17, 15) is 0 Å². The molecule has 1 aliphatic heterocycles. The maximum Gasteiger partial charge on any atom is 0.196 e. The van der Waals surface area contributed by atoms with Crippen LogP contribution in [0.25, 0.3) is 5.69 Å². The van der Waals surface area contributed by atoms with Gasteiger partial charge in [0.15, 0.2) is 11.0 Å². The van der Waals surface area contributed by atoms with Crippen LogP contribution in [0.4, 0.5) is 0 Å². The summed E-state index contributed by atoms with van der Waals surface area (Å²) in [5, 5.41) is 9.66. The standard InChI is InChI=1S/C21H23N3O3S/c1-16-7-5-6-10-19(16)26-13-20-22-23-21(24(20)17-8-3-2-4-9-17)28-14-18-11-12-25-15-27-18/h2-10,18H,11-15H2,1H3/t18-/m0/s1. The number of thioether (sulfide) groups is 1. The fourth-order valence-electron chi connectivity index (χ4n) is 2.98. The van der Waals surface area contributed by atoms with E-state index in [0.29, 0.717) is 13.4 Å². The Kier molecular flexibility index (Phi) is 6.26. The molecule has 4 rings (SSSR count). The molecule has 1 atom stereocenters. The van der Waals surface area contributed by atoms with Crippen molar-refractivity contribution in [3.63, 3.8) is 0 Å². The number of aryl methyl sites for hydroxylation is 1. The molecule has 0 N–H and O–H groups in total. The maximum atomic E-state index is 6.02. The zero-order valence-corrected chi connectivity index (χ0v) is 16.6. The van der Waals surface area contributed by atoms with Crippen molar-refractivity contribution in [1.29, 1.82) is 0 Å². The monoisotopic (exact) mass is 397 g/mol. The predicted octanol–water partition coefficient (Wildman–Crippen LogP) is 4.01. The molecule has 2 aromatic carbocycles. The second-order valence-electron chi connectivity index (χ2n) is 6.54. The normalized spacial score (nSPS) is 16.8. The minimum Gasteiger partial charge on any atom is -0.485 e. The van der Waals surface area contributed by atoms with Crippen LogP contribution in [0.3, 0.4) is 0 Å². The molecular formula is C21H23N3O3S. The molecule has 0 spiro atoms. The molecule has 1 fully saturated rings. The number of para-hydroxylation sites is 2. The van der Waals surface area contributed by atoms with E-state index in [4.69, 9.17) is 14.2 Å². The fraction of sp³-hybridized carbons (Fsp3) is 0.333. The molecule has 0 saturated carbocycles. The van der Waals surface area contributed by atoms with Crippen molar-refractivity contribution in [1.82, 2.24) is 14.8 Å². The zero-order chi connectivity index (χ0) is 19.2. The van der Waals surface area contributed by atoms with Crippen LogP contribution in [0, 0.1) is 6.92 Å². The SMILES string of the molecule is Cc1ccccc1OCc1nnc(SC[C@@H]2CCOCO2)n1-c1ccccc1. The summed E-state index contributed by atoms with van der Waals surface area (Å²) in [4.78, 5) is 0. The number of benzene rings is 2. The number of rotatable bonds is 7. The molecule has 3 aromatic rings. The second kappa shape index (κ2) is 9.23. The quantitative estimate of drug-likeness (QED) is 0.562. The maximum absolute atomic E-state index is 6.02. The molecule has 0 bridgehead atoms. The van der Waals surface area contributed by atoms with Gasteiger partial charge < -0.3 is 14.2 Å². The highest BCUT2D eigenvalue weighted by molar-refractivity contribution is 7.99. The fourth-order valence-corrected chi connectivity index (χ4v) is 4.02. The van der Waals surface area contributed by atoms with Gasteiger partial charge in [0.1, 0.15) is 19.1 Å². The highest BCUT2D eigenvalue weighted by Gasteiger charge is 2.19. The summed E-state index contributed by atoms with van der Waals surface area (Å²) in [6.07, 6.45) is 1.07. The lowest BCUT2D eigenvalue weighted by molar-refractivity contribution is -0.130. The van der Waals surface area contributed by atoms with Crippen LogP contribution < -0.4 is 4.74 Å². The third-order valence-corrected chi connectivity index (χ3v) is 5.60. The average Bonchev–Trinajstić information content (AvgIpc) is 3.16. The van der Waals surface area contributed by atoms with Gasteiger partial charge in [0.2, 0.25) is 0 Å². The van der Waals surface area contributed by atoms with Gasteiger partial charge >= 0.3 is 0 Å². The highest BCUT2D eigenvalue weighted by atomic mass is 32.2. The smallest absolute Gasteiger partial charge is 0.196 e. The lowest BCUT2D eigenvalue weighted by atomic mass is 10.2. The van der Waals surface area contributed by atoms with Crippen molar-refractivity contribution in [3.8, 4) is 11.4 Å². The summed E-state index contributed by atoms with van der Waals surface area (Å²) < 4.78 is 19.0. The lowest BCUT2D eigenvalue weighted by Crippen LogP contribution is -2.25. The van der Waals surface area contributed by atoms with E-state index in [1.165, 1.54) is 0 Å². The third-order valence-electron chi connectivity index (χ3n) is 4.53. The van der Waals surface area contributed by atoms with E-state index in [1.807, 2.05) is 49.4 Å². The number of hydrogen-bond donors (Lipinski definition) is 0. The lowest BCUT2D eigenvalue weighted by Gasteiger charge is -2.22. The highest BCUT2D eigenvalue weighted by Crippen LogP contribution is 2.26. The van der Waals surface area contributed by atoms with Gasteiger partial charge in [-0.2, -0.15) is 0 Å². The van der Waals surface area contributed by atoms with Crippen molar-refractivity contribution in [2.75, 3.05) is 19.2 Å². The molecule has 0 aliphatic carbocycles. The second-order valence-corrected chi connectivity index (χ2v) is 7.53. The first-order valence-electron chi connectivity index (χ1n) is 9.31. The average molecular weight is 398 g/mol. The Balaban J connectivity index is 1.54. The Morgan fingerprint density at radius 1 is 1.11 bits per heavy atom. The molecule has 1 aliphatic rings. The van der Waals surface area contributed by atoms with Gasteiger partial charge in [-0.15, -0.1) is 10.2 Å². The van der Waals surface area contributed by atoms with Gasteiger partial charge in [0, 0.05) is 11.4 Å². The largest absolute Gasteiger partial charge is 0.485 e. The molecule has 0 amide bonds. The van der Waals surface area contributed by atoms with E-state index >= 15 is 0 Å². The van der Waals surface area contributed by atoms with Gasteiger partial charge in [-0.05, 0) is 37.1 Å². The van der Waals surface area contributed by atoms with Crippen LogP contribution in [0.2, 0.25) is 0 Å². The Hall–Kier alpha value is -2.35. The summed E-state index contributed by atoms with van der Waals surface area (Å²) in [6, 6.07) is 18.1. The summed E-state index contributed by atoms with van der Waals surface area (Å²) in [5.41, 5.74) is 2.12. The number of nitrogens with zero attached hydrogens (tertiary/aromatic N) is 3. The number of hydrogen-bond acceptors (Lipinski definition) is 6. The van der Waals surface area contributed by atoms with Gasteiger partial charge in [-0.3, -0.25) is 4.57 Å². The molecule has 0 unspecified atom stereocenters. The number of aromatic nitrogens is 3. The Bertz CT molecular complexity index is 895. The molecule has 6 nitrogen and oxygen atoms in total. The van der Waals surface area contributed by atoms with Gasteiger partial charge in [0.05, 0.1) is 12.7 Å². The summed E-state index contributed by atoms with van der Waals surface area (Å²) in [6.45, 7) is 3.49. The topological polar surface area (TPSA) is 58.4 Å². The molecule has 1 saturated heterocycles. The van der Waals surface area contributed by atoms with E-state index in [-0.39, 0.29) is 6.10 Å². The van der Waals surface area contributed by atoms with Crippen LogP contribution >= 0.6 is 11.8 Å². The van der Waals surface area contributed by atoms with Crippen LogP contribution in [0.5, 0.6) is 5.75 Å². The first-order valence-corrected chi connectivity index (χ1v) is 10.3. The van der Waals surface area contributed by atoms with E-state index < -0.39 is 0 Å². The summed E-state index contributed by atoms with van der Waals surface area (Å²) in [7, 11) is 0. The zero-order valence-electron chi connectivity index (χ0n) is 15.8. The van der Waals surface area contributed by atoms with Crippen molar-refractivity contribution >= 4 is 11.8 Å². The Morgan fingerprint density at radius 2 is 1.93 bits per heavy atom. The van der Waals surface area contributed by atoms with Crippen LogP contribution in [0.1, 0.15) is 17.8 Å². The van der Waals surface area contributed by atoms with Crippen LogP contribution in [-0.4, -0.2) is 40.0 Å². The minimum absolute atomic E-state index is 0.173. The summed E-state index contributed by atoms with van der Waals surface area (Å²) >= 11 is 1.65. The predicted molar refractivity (Wildman–Crippen MR) is 108 cm³/mol. The van der Waals surface area contributed by atoms with Gasteiger partial charge in [0.25, 0.3) is 0 Å². The van der Waals surface area contributed by atoms with Crippen LogP contribution in [-0.2, 0) is 16.1 Å². The molecule has 1 aromatic heterocycles.